The molecule has 0 radical (unpaired) electrons. The van der Waals surface area contributed by atoms with E-state index in [-0.39, 0.29) is 38.1 Å². The van der Waals surface area contributed by atoms with Gasteiger partial charge in [0.1, 0.15) is 23.8 Å². The van der Waals surface area contributed by atoms with Gasteiger partial charge in [0.15, 0.2) is 5.78 Å². The molecule has 0 unspecified atom stereocenters. The van der Waals surface area contributed by atoms with E-state index in [1.165, 1.54) is 24.3 Å². The molecule has 2 atom stereocenters. The molecule has 0 spiro atoms. The number of anilines is 1. The number of hydrazone groups is 1. The molecular weight excluding hydrogens is 537 g/mol. The van der Waals surface area contributed by atoms with Crippen LogP contribution in [0.2, 0.25) is 10.0 Å². The Morgan fingerprint density at radius 3 is 2.53 bits per heavy atom. The number of nitro groups is 1. The van der Waals surface area contributed by atoms with Crippen molar-refractivity contribution in [1.29, 1.82) is 5.26 Å². The number of benzene rings is 3. The Hall–Kier alpha value is -4.79. The first-order valence-electron chi connectivity index (χ1n) is 10.7. The molecule has 3 N–H and O–H groups in total. The van der Waals surface area contributed by atoms with Crippen molar-refractivity contribution in [1.82, 2.24) is 0 Å². The van der Waals surface area contributed by atoms with Crippen LogP contribution in [0.1, 0.15) is 37.9 Å². The number of halogens is 2. The summed E-state index contributed by atoms with van der Waals surface area (Å²) in [6.07, 6.45) is -1.28. The first-order valence-corrected chi connectivity index (χ1v) is 11.5. The number of cyclic esters (lactones) is 1. The maximum absolute atomic E-state index is 13.8. The van der Waals surface area contributed by atoms with E-state index < -0.39 is 40.3 Å². The van der Waals surface area contributed by atoms with Gasteiger partial charge in [0.25, 0.3) is 11.6 Å². The number of fused-ring (bicyclic) bond motifs is 1. The molecule has 1 heterocycles. The minimum Gasteiger partial charge on any atom is -0.453 e. The first-order chi connectivity index (χ1) is 18.2. The Morgan fingerprint density at radius 2 is 1.87 bits per heavy atom. The van der Waals surface area contributed by atoms with Crippen LogP contribution in [0.25, 0.3) is 0 Å². The van der Waals surface area contributed by atoms with Gasteiger partial charge in [-0.2, -0.15) is 10.4 Å². The molecule has 3 aromatic carbocycles. The number of ether oxygens (including phenoxy) is 1. The number of Topliss-reactive ketones (excluding diaryl/α,β-unsaturated/α-hetero) is 1. The molecule has 0 fully saturated rings. The number of nitrogens with one attached hydrogen (secondary N) is 1. The topological polar surface area (TPSA) is 178 Å². The fraction of sp³-hybridized carbons (Fsp3) is 0.0800. The minimum absolute atomic E-state index is 0.0341. The van der Waals surface area contributed by atoms with Crippen LogP contribution in [0, 0.1) is 27.4 Å². The van der Waals surface area contributed by atoms with Crippen LogP contribution in [0.5, 0.6) is 0 Å². The van der Waals surface area contributed by atoms with Gasteiger partial charge in [-0.25, -0.2) is 4.79 Å². The van der Waals surface area contributed by atoms with Crippen molar-refractivity contribution in [2.75, 3.05) is 5.32 Å². The monoisotopic (exact) mass is 551 g/mol. The average molecular weight is 552 g/mol. The summed E-state index contributed by atoms with van der Waals surface area (Å²) in [5.74, 6) is 1.63. The largest absolute Gasteiger partial charge is 0.453 e. The summed E-state index contributed by atoms with van der Waals surface area (Å²) in [4.78, 5) is 50.0. The van der Waals surface area contributed by atoms with Crippen LogP contribution < -0.4 is 11.2 Å². The van der Waals surface area contributed by atoms with Gasteiger partial charge < -0.3 is 15.9 Å². The van der Waals surface area contributed by atoms with Crippen LogP contribution in [0.4, 0.5) is 11.4 Å². The molecule has 0 aliphatic carbocycles. The molecule has 0 saturated carbocycles. The zero-order valence-corrected chi connectivity index (χ0v) is 20.6. The summed E-state index contributed by atoms with van der Waals surface area (Å²) < 4.78 is 5.50. The van der Waals surface area contributed by atoms with E-state index in [0.29, 0.717) is 5.56 Å². The molecule has 11 nitrogen and oxygen atoms in total. The number of nitro benzene ring substituents is 1. The molecule has 38 heavy (non-hydrogen) atoms. The van der Waals surface area contributed by atoms with E-state index >= 15 is 0 Å². The van der Waals surface area contributed by atoms with E-state index in [1.54, 1.807) is 24.3 Å². The molecule has 13 heteroatoms. The smallest absolute Gasteiger partial charge is 0.339 e. The van der Waals surface area contributed by atoms with Gasteiger partial charge in [-0.3, -0.25) is 19.7 Å². The van der Waals surface area contributed by atoms with E-state index in [0.717, 1.165) is 18.2 Å². The molecule has 1 aliphatic rings. The number of hydrogen-bond donors (Lipinski definition) is 2. The molecule has 0 aromatic heterocycles. The number of ketones is 1. The zero-order valence-electron chi connectivity index (χ0n) is 19.1. The number of hydrogen-bond acceptors (Lipinski definition) is 9. The van der Waals surface area contributed by atoms with Crippen LogP contribution >= 0.6 is 23.2 Å². The van der Waals surface area contributed by atoms with Crippen molar-refractivity contribution in [2.45, 2.75) is 6.10 Å². The van der Waals surface area contributed by atoms with Crippen molar-refractivity contribution < 1.29 is 24.0 Å². The van der Waals surface area contributed by atoms with Crippen molar-refractivity contribution in [2.24, 2.45) is 16.9 Å². The highest BCUT2D eigenvalue weighted by atomic mass is 35.5. The van der Waals surface area contributed by atoms with Gasteiger partial charge in [0.2, 0.25) is 0 Å². The third-order valence-corrected chi connectivity index (χ3v) is 6.50. The fourth-order valence-corrected chi connectivity index (χ4v) is 4.27. The Balaban J connectivity index is 1.78. The SMILES string of the molecule is N#Cc1cc([N+](=O)[O-])ccc1NC(=O)/C(=N/N)[C@H](C(=O)c1ccc(Cl)c(Cl)c1)[C@@H]1OC(=O)c2ccccc21. The second-order valence-corrected chi connectivity index (χ2v) is 8.77. The second kappa shape index (κ2) is 10.7. The Morgan fingerprint density at radius 1 is 1.13 bits per heavy atom. The normalized spacial score (nSPS) is 15.1. The first kappa shape index (κ1) is 26.3. The van der Waals surface area contributed by atoms with Gasteiger partial charge in [0.05, 0.1) is 31.8 Å². The summed E-state index contributed by atoms with van der Waals surface area (Å²) in [6, 6.07) is 15.3. The molecule has 0 saturated heterocycles. The predicted octanol–water partition coefficient (Wildman–Crippen LogP) is 4.44. The molecule has 1 amide bonds. The highest BCUT2D eigenvalue weighted by Gasteiger charge is 2.45. The quantitative estimate of drug-likeness (QED) is 0.108. The second-order valence-electron chi connectivity index (χ2n) is 7.95. The maximum atomic E-state index is 13.8. The van der Waals surface area contributed by atoms with Crippen LogP contribution in [0.3, 0.4) is 0 Å². The lowest BCUT2D eigenvalue weighted by atomic mass is 9.84. The highest BCUT2D eigenvalue weighted by molar-refractivity contribution is 6.48. The third-order valence-electron chi connectivity index (χ3n) is 5.76. The number of nitrogens with zero attached hydrogens (tertiary/aromatic N) is 3. The maximum Gasteiger partial charge on any atom is 0.339 e. The van der Waals surface area contributed by atoms with E-state index in [2.05, 4.69) is 10.4 Å². The average Bonchev–Trinajstić information content (AvgIpc) is 3.24. The summed E-state index contributed by atoms with van der Waals surface area (Å²) in [5, 5.41) is 26.7. The number of nitriles is 1. The number of rotatable bonds is 7. The molecule has 190 valence electrons. The molecular formula is C25H15Cl2N5O6. The molecule has 4 rings (SSSR count). The fourth-order valence-electron chi connectivity index (χ4n) is 3.97. The predicted molar refractivity (Wildman–Crippen MR) is 137 cm³/mol. The van der Waals surface area contributed by atoms with Crippen molar-refractivity contribution in [3.63, 3.8) is 0 Å². The van der Waals surface area contributed by atoms with Crippen LogP contribution in [-0.2, 0) is 9.53 Å². The van der Waals surface area contributed by atoms with Crippen LogP contribution in [-0.4, -0.2) is 28.3 Å². The lowest BCUT2D eigenvalue weighted by molar-refractivity contribution is -0.384. The van der Waals surface area contributed by atoms with Gasteiger partial charge in [-0.05, 0) is 30.3 Å². The summed E-state index contributed by atoms with van der Waals surface area (Å²) in [6.45, 7) is 0. The van der Waals surface area contributed by atoms with E-state index in [4.69, 9.17) is 33.8 Å². The number of amides is 1. The molecule has 0 bridgehead atoms. The highest BCUT2D eigenvalue weighted by Crippen LogP contribution is 2.39. The zero-order chi connectivity index (χ0) is 27.6. The summed E-state index contributed by atoms with van der Waals surface area (Å²) in [7, 11) is 0. The minimum atomic E-state index is -1.53. The van der Waals surface area contributed by atoms with Gasteiger partial charge in [-0.1, -0.05) is 41.4 Å². The Kier molecular flexibility index (Phi) is 7.38. The number of non-ortho nitro benzene ring substituents is 1. The van der Waals surface area contributed by atoms with E-state index in [1.807, 2.05) is 0 Å². The lowest BCUT2D eigenvalue weighted by Gasteiger charge is -2.23. The van der Waals surface area contributed by atoms with Crippen molar-refractivity contribution in [3.8, 4) is 6.07 Å². The number of esters is 1. The third kappa shape index (κ3) is 4.90. The Labute approximate surface area is 224 Å². The number of nitrogens with two attached hydrogens (primary N) is 1. The molecule has 1 aliphatic heterocycles. The number of carbonyl (C=O) groups excluding carboxylic acids is 3. The van der Waals surface area contributed by atoms with Gasteiger partial charge >= 0.3 is 5.97 Å². The summed E-state index contributed by atoms with van der Waals surface area (Å²) >= 11 is 12.1. The van der Waals surface area contributed by atoms with Gasteiger partial charge in [0, 0.05) is 23.3 Å². The van der Waals surface area contributed by atoms with Gasteiger partial charge in [-0.15, -0.1) is 0 Å². The number of carbonyl (C=O) groups is 3. The van der Waals surface area contributed by atoms with Crippen molar-refractivity contribution in [3.05, 3.63) is 103 Å². The summed E-state index contributed by atoms with van der Waals surface area (Å²) in [5.41, 5.74) is -0.636. The van der Waals surface area contributed by atoms with E-state index in [9.17, 15) is 29.8 Å². The molecule has 3 aromatic rings. The standard InChI is InChI=1S/C25H15Cl2N5O6/c26-17-7-5-12(10-18(17)27)22(33)20(23-15-3-1-2-4-16(15)25(35)38-23)21(31-29)24(34)30-19-8-6-14(32(36)37)9-13(19)11-28/h1-10,20,23H,29H2,(H,30,34)/b31-21+/t20-,23-/m1/s1. The van der Waals surface area contributed by atoms with Crippen LogP contribution in [0.15, 0.2) is 65.8 Å². The lowest BCUT2D eigenvalue weighted by Crippen LogP contribution is -2.39. The Bertz CT molecular complexity index is 1580. The van der Waals surface area contributed by atoms with Crippen molar-refractivity contribution >= 4 is 57.9 Å².